The smallest absolute Gasteiger partial charge is 0.231 e. The first-order chi connectivity index (χ1) is 15.0. The second kappa shape index (κ2) is 7.52. The number of carbonyl (C=O) groups excluding carboxylic acids is 1. The van der Waals surface area contributed by atoms with Crippen LogP contribution >= 0.6 is 11.8 Å². The van der Waals surface area contributed by atoms with Crippen molar-refractivity contribution in [1.29, 1.82) is 0 Å². The number of aromatic nitrogens is 4. The number of thioether (sulfide) groups is 1. The summed E-state index contributed by atoms with van der Waals surface area (Å²) in [6, 6.07) is 5.32. The largest absolute Gasteiger partial charge is 0.490 e. The molecule has 1 aromatic carbocycles. The highest BCUT2D eigenvalue weighted by molar-refractivity contribution is 7.98. The molecule has 1 fully saturated rings. The molecular weight excluding hydrogens is 424 g/mol. The number of H-pyrrole nitrogens is 1. The molecule has 5 rings (SSSR count). The van der Waals surface area contributed by atoms with Crippen LogP contribution in [0, 0.1) is 11.7 Å². The highest BCUT2D eigenvalue weighted by atomic mass is 32.2. The first kappa shape index (κ1) is 19.8. The van der Waals surface area contributed by atoms with Crippen molar-refractivity contribution < 1.29 is 18.3 Å². The number of hydrogen-bond acceptors (Lipinski definition) is 5. The van der Waals surface area contributed by atoms with Crippen LogP contribution in [0.25, 0.3) is 27.5 Å². The fourth-order valence-corrected chi connectivity index (χ4v) is 4.35. The van der Waals surface area contributed by atoms with Gasteiger partial charge in [0.15, 0.2) is 17.4 Å². The maximum Gasteiger partial charge on any atom is 0.231 e. The number of alkyl halides is 1. The molecule has 4 aromatic rings. The van der Waals surface area contributed by atoms with E-state index in [4.69, 9.17) is 4.74 Å². The highest BCUT2D eigenvalue weighted by Gasteiger charge is 2.43. The monoisotopic (exact) mass is 443 g/mol. The number of benzene rings is 1. The minimum atomic E-state index is -1.07. The number of pyridine rings is 1. The summed E-state index contributed by atoms with van der Waals surface area (Å²) < 4.78 is 35.7. The summed E-state index contributed by atoms with van der Waals surface area (Å²) in [7, 11) is 0. The molecule has 0 unspecified atom stereocenters. The standard InChI is InChI=1S/C21H19F2N5O2S/c1-3-30-19-16(13-9-24-26-18(13)20(31-2)17(19)23)10-4-5-28-11(6-10)7-15(27-28)25-21(29)12-8-14(12)22/h4-7,9,12,14H,3,8H2,1-2H3,(H,24,26)(H,25,27,29)/t12-,14+/m1/s1. The quantitative estimate of drug-likeness (QED) is 0.431. The third-order valence-electron chi connectivity index (χ3n) is 5.31. The number of aromatic amines is 1. The van der Waals surface area contributed by atoms with Gasteiger partial charge in [-0.05, 0) is 37.3 Å². The summed E-state index contributed by atoms with van der Waals surface area (Å²) in [5.41, 5.74) is 2.61. The van der Waals surface area contributed by atoms with Gasteiger partial charge in [-0.3, -0.25) is 9.89 Å². The van der Waals surface area contributed by atoms with E-state index in [2.05, 4.69) is 20.6 Å². The van der Waals surface area contributed by atoms with Crippen LogP contribution in [0.4, 0.5) is 14.6 Å². The first-order valence-electron chi connectivity index (χ1n) is 9.81. The highest BCUT2D eigenvalue weighted by Crippen LogP contribution is 2.44. The van der Waals surface area contributed by atoms with Crippen molar-refractivity contribution in [2.24, 2.45) is 5.92 Å². The summed E-state index contributed by atoms with van der Waals surface area (Å²) >= 11 is 1.29. The lowest BCUT2D eigenvalue weighted by atomic mass is 10.0. The number of hydrogen-bond donors (Lipinski definition) is 2. The number of carbonyl (C=O) groups is 1. The second-order valence-electron chi connectivity index (χ2n) is 7.30. The van der Waals surface area contributed by atoms with Gasteiger partial charge in [0.1, 0.15) is 6.17 Å². The minimum absolute atomic E-state index is 0.167. The molecule has 2 atom stereocenters. The Kier molecular flexibility index (Phi) is 4.81. The lowest BCUT2D eigenvalue weighted by Crippen LogP contribution is -2.15. The summed E-state index contributed by atoms with van der Waals surface area (Å²) in [6.07, 6.45) is 4.35. The van der Waals surface area contributed by atoms with E-state index in [1.165, 1.54) is 11.8 Å². The number of rotatable bonds is 6. The maximum atomic E-state index is 15.3. The van der Waals surface area contributed by atoms with Crippen LogP contribution in [0.3, 0.4) is 0 Å². The number of nitrogens with zero attached hydrogens (tertiary/aromatic N) is 3. The van der Waals surface area contributed by atoms with Gasteiger partial charge in [-0.15, -0.1) is 11.8 Å². The van der Waals surface area contributed by atoms with E-state index in [1.807, 2.05) is 6.07 Å². The fraction of sp³-hybridized carbons (Fsp3) is 0.286. The first-order valence-corrected chi connectivity index (χ1v) is 11.0. The maximum absolute atomic E-state index is 15.3. The molecule has 0 saturated heterocycles. The van der Waals surface area contributed by atoms with E-state index < -0.39 is 17.9 Å². The van der Waals surface area contributed by atoms with E-state index in [1.54, 1.807) is 42.2 Å². The topological polar surface area (TPSA) is 84.3 Å². The zero-order chi connectivity index (χ0) is 21.7. The van der Waals surface area contributed by atoms with Crippen molar-refractivity contribution in [2.75, 3.05) is 18.2 Å². The van der Waals surface area contributed by atoms with Gasteiger partial charge in [-0.25, -0.2) is 13.3 Å². The molecule has 1 saturated carbocycles. The average molecular weight is 443 g/mol. The van der Waals surface area contributed by atoms with Gasteiger partial charge in [0.25, 0.3) is 0 Å². The molecule has 1 aliphatic carbocycles. The Morgan fingerprint density at radius 1 is 1.45 bits per heavy atom. The molecule has 31 heavy (non-hydrogen) atoms. The van der Waals surface area contributed by atoms with Gasteiger partial charge in [0, 0.05) is 23.2 Å². The molecule has 7 nitrogen and oxygen atoms in total. The van der Waals surface area contributed by atoms with Crippen LogP contribution in [0.5, 0.6) is 5.75 Å². The molecular formula is C21H19F2N5O2S. The number of ether oxygens (including phenoxy) is 1. The lowest BCUT2D eigenvalue weighted by molar-refractivity contribution is -0.117. The lowest BCUT2D eigenvalue weighted by Gasteiger charge is -2.15. The Labute approximate surface area is 180 Å². The van der Waals surface area contributed by atoms with Crippen LogP contribution in [0.15, 0.2) is 35.5 Å². The average Bonchev–Trinajstić information content (AvgIpc) is 3.12. The van der Waals surface area contributed by atoms with Crippen LogP contribution in [-0.4, -0.2) is 44.8 Å². The van der Waals surface area contributed by atoms with Crippen molar-refractivity contribution >= 4 is 39.9 Å². The van der Waals surface area contributed by atoms with E-state index in [9.17, 15) is 9.18 Å². The number of anilines is 1. The third-order valence-corrected chi connectivity index (χ3v) is 6.10. The summed E-state index contributed by atoms with van der Waals surface area (Å²) in [5.74, 6) is -0.900. The van der Waals surface area contributed by atoms with E-state index >= 15 is 4.39 Å². The van der Waals surface area contributed by atoms with E-state index in [-0.39, 0.29) is 18.1 Å². The molecule has 0 spiro atoms. The van der Waals surface area contributed by atoms with Gasteiger partial charge in [0.2, 0.25) is 5.91 Å². The summed E-state index contributed by atoms with van der Waals surface area (Å²) in [4.78, 5) is 12.5. The molecule has 0 radical (unpaired) electrons. The van der Waals surface area contributed by atoms with Crippen LogP contribution in [-0.2, 0) is 4.79 Å². The third kappa shape index (κ3) is 3.31. The molecule has 3 heterocycles. The summed E-state index contributed by atoms with van der Waals surface area (Å²) in [5, 5.41) is 14.7. The number of amides is 1. The molecule has 1 aliphatic rings. The van der Waals surface area contributed by atoms with Gasteiger partial charge in [-0.1, -0.05) is 0 Å². The SMILES string of the molecule is CCOc1c(F)c(SC)c2[nH]ncc2c1-c1ccn2nc(NC(=O)[C@@H]3C[C@@H]3F)cc2c1. The van der Waals surface area contributed by atoms with Gasteiger partial charge in [-0.2, -0.15) is 10.2 Å². The second-order valence-corrected chi connectivity index (χ2v) is 8.12. The number of halogens is 2. The van der Waals surface area contributed by atoms with Crippen molar-refractivity contribution in [3.63, 3.8) is 0 Å². The van der Waals surface area contributed by atoms with Crippen LogP contribution in [0.2, 0.25) is 0 Å². The Morgan fingerprint density at radius 2 is 2.26 bits per heavy atom. The fourth-order valence-electron chi connectivity index (χ4n) is 3.72. The van der Waals surface area contributed by atoms with Crippen LogP contribution in [0.1, 0.15) is 13.3 Å². The molecule has 3 aromatic heterocycles. The summed E-state index contributed by atoms with van der Waals surface area (Å²) in [6.45, 7) is 2.11. The van der Waals surface area contributed by atoms with Crippen molar-refractivity contribution in [1.82, 2.24) is 19.8 Å². The minimum Gasteiger partial charge on any atom is -0.490 e. The molecule has 0 bridgehead atoms. The van der Waals surface area contributed by atoms with Crippen molar-refractivity contribution in [2.45, 2.75) is 24.4 Å². The Morgan fingerprint density at radius 3 is 2.97 bits per heavy atom. The molecule has 0 aliphatic heterocycles. The van der Waals surface area contributed by atoms with E-state index in [0.717, 1.165) is 10.9 Å². The molecule has 2 N–H and O–H groups in total. The van der Waals surface area contributed by atoms with Gasteiger partial charge >= 0.3 is 0 Å². The van der Waals surface area contributed by atoms with E-state index in [0.29, 0.717) is 33.9 Å². The predicted molar refractivity (Wildman–Crippen MR) is 115 cm³/mol. The van der Waals surface area contributed by atoms with Crippen LogP contribution < -0.4 is 10.1 Å². The molecule has 160 valence electrons. The van der Waals surface area contributed by atoms with Gasteiger partial charge in [0.05, 0.1) is 34.7 Å². The molecule has 10 heteroatoms. The van der Waals surface area contributed by atoms with Crippen molar-refractivity contribution in [3.8, 4) is 16.9 Å². The normalized spacial score (nSPS) is 17.9. The Hall–Kier alpha value is -3.14. The Bertz CT molecular complexity index is 1320. The number of fused-ring (bicyclic) bond motifs is 2. The number of nitrogens with one attached hydrogen (secondary N) is 2. The predicted octanol–water partition coefficient (Wildman–Crippen LogP) is 4.43. The van der Waals surface area contributed by atoms with Gasteiger partial charge < -0.3 is 10.1 Å². The zero-order valence-electron chi connectivity index (χ0n) is 16.8. The molecule has 1 amide bonds. The zero-order valence-corrected chi connectivity index (χ0v) is 17.6. The Balaban J connectivity index is 1.61. The van der Waals surface area contributed by atoms with Crippen molar-refractivity contribution in [3.05, 3.63) is 36.4 Å².